The molecule has 14 heavy (non-hydrogen) atoms. The molecule has 1 aliphatic heterocycles. The third-order valence-electron chi connectivity index (χ3n) is 2.28. The van der Waals surface area contributed by atoms with Gasteiger partial charge in [-0.1, -0.05) is 6.92 Å². The van der Waals surface area contributed by atoms with Crippen molar-refractivity contribution in [2.45, 2.75) is 44.8 Å². The Kier molecular flexibility index (Phi) is 4.90. The zero-order valence-electron chi connectivity index (χ0n) is 8.57. The van der Waals surface area contributed by atoms with E-state index in [1.54, 1.807) is 0 Å². The van der Waals surface area contributed by atoms with Gasteiger partial charge in [0.2, 0.25) is 0 Å². The predicted octanol–water partition coefficient (Wildman–Crippen LogP) is 0.870. The lowest BCUT2D eigenvalue weighted by Gasteiger charge is -2.12. The van der Waals surface area contributed by atoms with Gasteiger partial charge in [0.15, 0.2) is 0 Å². The smallest absolute Gasteiger partial charge is 0.305 e. The Morgan fingerprint density at radius 2 is 2.21 bits per heavy atom. The summed E-state index contributed by atoms with van der Waals surface area (Å²) in [5.41, 5.74) is 0. The molecule has 1 heterocycles. The lowest BCUT2D eigenvalue weighted by Crippen LogP contribution is -2.20. The van der Waals surface area contributed by atoms with Gasteiger partial charge in [0, 0.05) is 6.42 Å². The quantitative estimate of drug-likeness (QED) is 0.672. The van der Waals surface area contributed by atoms with E-state index in [2.05, 4.69) is 0 Å². The number of hydrogen-bond donors (Lipinski definition) is 1. The first-order valence-corrected chi connectivity index (χ1v) is 5.18. The van der Waals surface area contributed by atoms with Crippen molar-refractivity contribution in [3.63, 3.8) is 0 Å². The fourth-order valence-corrected chi connectivity index (χ4v) is 1.50. The van der Waals surface area contributed by atoms with Crippen molar-refractivity contribution >= 4 is 5.97 Å². The molecule has 1 aliphatic rings. The molecule has 2 atom stereocenters. The van der Waals surface area contributed by atoms with Gasteiger partial charge in [0.05, 0.1) is 18.8 Å². The van der Waals surface area contributed by atoms with Crippen molar-refractivity contribution in [3.05, 3.63) is 0 Å². The van der Waals surface area contributed by atoms with Crippen LogP contribution < -0.4 is 0 Å². The van der Waals surface area contributed by atoms with Crippen LogP contribution in [0.3, 0.4) is 0 Å². The Balaban J connectivity index is 2.11. The summed E-state index contributed by atoms with van der Waals surface area (Å²) in [6.07, 6.45) is 2.91. The average Bonchev–Trinajstić information content (AvgIpc) is 2.63. The Morgan fingerprint density at radius 3 is 2.79 bits per heavy atom. The summed E-state index contributed by atoms with van der Waals surface area (Å²) < 4.78 is 10.4. The zero-order valence-corrected chi connectivity index (χ0v) is 8.57. The van der Waals surface area contributed by atoms with Crippen molar-refractivity contribution in [3.8, 4) is 0 Å². The molecule has 1 saturated heterocycles. The maximum Gasteiger partial charge on any atom is 0.305 e. The highest BCUT2D eigenvalue weighted by atomic mass is 16.6. The lowest BCUT2D eigenvalue weighted by atomic mass is 10.2. The van der Waals surface area contributed by atoms with Gasteiger partial charge in [0.1, 0.15) is 6.61 Å². The minimum atomic E-state index is -0.163. The number of rotatable bonds is 5. The Labute approximate surface area is 84.2 Å². The second-order valence-electron chi connectivity index (χ2n) is 3.57. The highest BCUT2D eigenvalue weighted by Crippen LogP contribution is 2.19. The molecule has 82 valence electrons. The number of esters is 1. The molecule has 0 aromatic heterocycles. The zero-order chi connectivity index (χ0) is 10.4. The summed E-state index contributed by atoms with van der Waals surface area (Å²) in [5, 5.41) is 8.81. The summed E-state index contributed by atoms with van der Waals surface area (Å²) in [7, 11) is 0. The van der Waals surface area contributed by atoms with Crippen molar-refractivity contribution in [2.24, 2.45) is 0 Å². The molecule has 0 aliphatic carbocycles. The van der Waals surface area contributed by atoms with E-state index in [0.29, 0.717) is 13.0 Å². The molecule has 4 nitrogen and oxygen atoms in total. The largest absolute Gasteiger partial charge is 0.463 e. The second-order valence-corrected chi connectivity index (χ2v) is 3.57. The van der Waals surface area contributed by atoms with Gasteiger partial charge >= 0.3 is 5.97 Å². The Bertz CT molecular complexity index is 181. The van der Waals surface area contributed by atoms with Crippen LogP contribution in [0, 0.1) is 0 Å². The van der Waals surface area contributed by atoms with Crippen molar-refractivity contribution in [1.82, 2.24) is 0 Å². The minimum Gasteiger partial charge on any atom is -0.463 e. The first-order chi connectivity index (χ1) is 6.76. The SMILES string of the molecule is CCCC(=O)OC[C@@H]1CC[C@@H](CO)O1. The molecule has 0 amide bonds. The van der Waals surface area contributed by atoms with Gasteiger partial charge in [-0.2, -0.15) is 0 Å². The summed E-state index contributed by atoms with van der Waals surface area (Å²) in [6.45, 7) is 2.32. The summed E-state index contributed by atoms with van der Waals surface area (Å²) >= 11 is 0. The molecule has 1 fully saturated rings. The Morgan fingerprint density at radius 1 is 1.50 bits per heavy atom. The van der Waals surface area contributed by atoms with E-state index in [4.69, 9.17) is 14.6 Å². The van der Waals surface area contributed by atoms with Gasteiger partial charge in [-0.15, -0.1) is 0 Å². The second kappa shape index (κ2) is 5.98. The number of aliphatic hydroxyl groups excluding tert-OH is 1. The summed E-state index contributed by atoms with van der Waals surface area (Å²) in [6, 6.07) is 0. The molecule has 0 unspecified atom stereocenters. The summed E-state index contributed by atoms with van der Waals surface area (Å²) in [5.74, 6) is -0.163. The molecule has 1 N–H and O–H groups in total. The van der Waals surface area contributed by atoms with E-state index in [0.717, 1.165) is 19.3 Å². The van der Waals surface area contributed by atoms with Crippen molar-refractivity contribution in [1.29, 1.82) is 0 Å². The maximum atomic E-state index is 11.0. The monoisotopic (exact) mass is 202 g/mol. The summed E-state index contributed by atoms with van der Waals surface area (Å²) in [4.78, 5) is 11.0. The molecule has 1 rings (SSSR count). The van der Waals surface area contributed by atoms with E-state index in [1.807, 2.05) is 6.92 Å². The van der Waals surface area contributed by atoms with Crippen LogP contribution in [0.25, 0.3) is 0 Å². The van der Waals surface area contributed by atoms with Gasteiger partial charge in [0.25, 0.3) is 0 Å². The lowest BCUT2D eigenvalue weighted by molar-refractivity contribution is -0.147. The molecule has 0 aromatic carbocycles. The number of carbonyl (C=O) groups excluding carboxylic acids is 1. The van der Waals surface area contributed by atoms with E-state index < -0.39 is 0 Å². The minimum absolute atomic E-state index is 0.0204. The molecular weight excluding hydrogens is 184 g/mol. The number of hydrogen-bond acceptors (Lipinski definition) is 4. The predicted molar refractivity (Wildman–Crippen MR) is 50.8 cm³/mol. The van der Waals surface area contributed by atoms with E-state index >= 15 is 0 Å². The Hall–Kier alpha value is -0.610. The third-order valence-corrected chi connectivity index (χ3v) is 2.28. The van der Waals surface area contributed by atoms with Gasteiger partial charge < -0.3 is 14.6 Å². The average molecular weight is 202 g/mol. The fourth-order valence-electron chi connectivity index (χ4n) is 1.50. The van der Waals surface area contributed by atoms with Gasteiger partial charge in [-0.05, 0) is 19.3 Å². The topological polar surface area (TPSA) is 55.8 Å². The van der Waals surface area contributed by atoms with Crippen LogP contribution in [0.1, 0.15) is 32.6 Å². The molecule has 0 bridgehead atoms. The van der Waals surface area contributed by atoms with Gasteiger partial charge in [-0.3, -0.25) is 4.79 Å². The highest BCUT2D eigenvalue weighted by molar-refractivity contribution is 5.69. The van der Waals surface area contributed by atoms with Crippen LogP contribution in [0.4, 0.5) is 0 Å². The first kappa shape index (κ1) is 11.5. The normalized spacial score (nSPS) is 26.4. The number of carbonyl (C=O) groups is 1. The van der Waals surface area contributed by atoms with Crippen molar-refractivity contribution < 1.29 is 19.4 Å². The molecule has 0 saturated carbocycles. The molecule has 4 heteroatoms. The maximum absolute atomic E-state index is 11.0. The van der Waals surface area contributed by atoms with E-state index in [1.165, 1.54) is 0 Å². The van der Waals surface area contributed by atoms with Crippen LogP contribution in [0.15, 0.2) is 0 Å². The molecular formula is C10H18O4. The molecule has 0 aromatic rings. The van der Waals surface area contributed by atoms with E-state index in [9.17, 15) is 4.79 Å². The van der Waals surface area contributed by atoms with Crippen LogP contribution in [0.2, 0.25) is 0 Å². The molecule has 0 spiro atoms. The number of ether oxygens (including phenoxy) is 2. The van der Waals surface area contributed by atoms with Crippen LogP contribution in [0.5, 0.6) is 0 Å². The first-order valence-electron chi connectivity index (χ1n) is 5.18. The van der Waals surface area contributed by atoms with E-state index in [-0.39, 0.29) is 24.8 Å². The number of aliphatic hydroxyl groups is 1. The van der Waals surface area contributed by atoms with Crippen molar-refractivity contribution in [2.75, 3.05) is 13.2 Å². The standard InChI is InChI=1S/C10H18O4/c1-2-3-10(12)13-7-9-5-4-8(6-11)14-9/h8-9,11H,2-7H2,1H3/t8-,9-/m0/s1. The van der Waals surface area contributed by atoms with Crippen LogP contribution in [-0.4, -0.2) is 36.5 Å². The van der Waals surface area contributed by atoms with Crippen LogP contribution >= 0.6 is 0 Å². The van der Waals surface area contributed by atoms with Crippen LogP contribution in [-0.2, 0) is 14.3 Å². The highest BCUT2D eigenvalue weighted by Gasteiger charge is 2.25. The third kappa shape index (κ3) is 3.64. The van der Waals surface area contributed by atoms with Gasteiger partial charge in [-0.25, -0.2) is 0 Å². The molecule has 0 radical (unpaired) electrons. The fraction of sp³-hybridized carbons (Fsp3) is 0.900.